The summed E-state index contributed by atoms with van der Waals surface area (Å²) in [5, 5.41) is 9.90. The number of hydrogen-bond acceptors (Lipinski definition) is 1. The fourth-order valence-corrected chi connectivity index (χ4v) is 6.72. The lowest BCUT2D eigenvalue weighted by Crippen LogP contribution is -1.98. The quantitative estimate of drug-likeness (QED) is 0.206. The molecule has 1 heterocycles. The van der Waals surface area contributed by atoms with Crippen LogP contribution in [0.25, 0.3) is 76.5 Å². The van der Waals surface area contributed by atoms with Crippen molar-refractivity contribution in [1.29, 1.82) is 0 Å². The van der Waals surface area contributed by atoms with Gasteiger partial charge in [-0.2, -0.15) is 0 Å². The van der Waals surface area contributed by atoms with E-state index in [9.17, 15) is 0 Å². The van der Waals surface area contributed by atoms with Crippen LogP contribution in [0, 0.1) is 0 Å². The van der Waals surface area contributed by atoms with Crippen molar-refractivity contribution in [1.82, 2.24) is 0 Å². The molecule has 0 amide bonds. The second-order valence-electron chi connectivity index (χ2n) is 10.9. The Balaban J connectivity index is 1.24. The van der Waals surface area contributed by atoms with Crippen LogP contribution in [0.15, 0.2) is 146 Å². The highest BCUT2D eigenvalue weighted by atomic mass is 16.5. The van der Waals surface area contributed by atoms with Crippen molar-refractivity contribution in [2.24, 2.45) is 0 Å². The van der Waals surface area contributed by atoms with E-state index in [1.54, 1.807) is 0 Å². The maximum absolute atomic E-state index is 6.70. The fourth-order valence-electron chi connectivity index (χ4n) is 6.72. The van der Waals surface area contributed by atoms with Crippen molar-refractivity contribution in [2.75, 3.05) is 0 Å². The monoisotopic (exact) mass is 520 g/mol. The normalized spacial score (nSPS) is 12.1. The summed E-state index contributed by atoms with van der Waals surface area (Å²) in [6.07, 6.45) is 0. The van der Waals surface area contributed by atoms with Crippen LogP contribution in [-0.2, 0) is 0 Å². The Kier molecular flexibility index (Phi) is 4.67. The summed E-state index contributed by atoms with van der Waals surface area (Å²) in [6, 6.07) is 52.6. The van der Waals surface area contributed by atoms with Gasteiger partial charge in [0.25, 0.3) is 0 Å². The summed E-state index contributed by atoms with van der Waals surface area (Å²) in [7, 11) is 0. The van der Waals surface area contributed by atoms with Gasteiger partial charge in [0.2, 0.25) is 0 Å². The highest BCUT2D eigenvalue weighted by molar-refractivity contribution is 6.14. The van der Waals surface area contributed by atoms with Crippen LogP contribution >= 0.6 is 0 Å². The molecular formula is C40H24O. The number of fused-ring (bicyclic) bond motifs is 5. The molecule has 0 aliphatic carbocycles. The minimum Gasteiger partial charge on any atom is -0.456 e. The molecule has 0 atom stereocenters. The van der Waals surface area contributed by atoms with Gasteiger partial charge in [-0.1, -0.05) is 115 Å². The molecule has 0 radical (unpaired) electrons. The molecule has 0 saturated heterocycles. The maximum atomic E-state index is 6.70. The Morgan fingerprint density at radius 3 is 1.78 bits per heavy atom. The third-order valence-corrected chi connectivity index (χ3v) is 8.61. The second-order valence-corrected chi connectivity index (χ2v) is 10.9. The molecule has 1 nitrogen and oxygen atoms in total. The topological polar surface area (TPSA) is 9.23 Å². The number of ether oxygens (including phenoxy) is 1. The van der Waals surface area contributed by atoms with E-state index in [4.69, 9.17) is 4.74 Å². The fraction of sp³-hybridized carbons (Fsp3) is 0. The van der Waals surface area contributed by atoms with Gasteiger partial charge in [0, 0.05) is 10.9 Å². The molecule has 190 valence electrons. The molecule has 41 heavy (non-hydrogen) atoms. The SMILES string of the molecule is c1ccc2cc(-c3ccc4c5c(cccc35)Oc3cc(-c5c6ccccc6cc6ccccc56)ccc3-4)ccc2c1. The van der Waals surface area contributed by atoms with Crippen molar-refractivity contribution < 1.29 is 4.74 Å². The highest BCUT2D eigenvalue weighted by Crippen LogP contribution is 2.50. The van der Waals surface area contributed by atoms with Gasteiger partial charge in [0.05, 0.1) is 0 Å². The predicted molar refractivity (Wildman–Crippen MR) is 173 cm³/mol. The van der Waals surface area contributed by atoms with Gasteiger partial charge < -0.3 is 4.74 Å². The summed E-state index contributed by atoms with van der Waals surface area (Å²) in [5.74, 6) is 1.81. The summed E-state index contributed by atoms with van der Waals surface area (Å²) in [5.41, 5.74) is 7.21. The van der Waals surface area contributed by atoms with E-state index in [-0.39, 0.29) is 0 Å². The van der Waals surface area contributed by atoms with E-state index in [1.165, 1.54) is 70.9 Å². The minimum atomic E-state index is 0.901. The van der Waals surface area contributed by atoms with Crippen LogP contribution in [-0.4, -0.2) is 0 Å². The van der Waals surface area contributed by atoms with Crippen LogP contribution in [0.1, 0.15) is 0 Å². The van der Waals surface area contributed by atoms with E-state index in [0.29, 0.717) is 0 Å². The van der Waals surface area contributed by atoms with Gasteiger partial charge in [-0.15, -0.1) is 0 Å². The van der Waals surface area contributed by atoms with E-state index in [1.807, 2.05) is 0 Å². The molecule has 0 unspecified atom stereocenters. The van der Waals surface area contributed by atoms with Crippen molar-refractivity contribution in [3.63, 3.8) is 0 Å². The third-order valence-electron chi connectivity index (χ3n) is 8.61. The Bertz CT molecular complexity index is 2290. The first-order valence-corrected chi connectivity index (χ1v) is 14.1. The number of rotatable bonds is 2. The van der Waals surface area contributed by atoms with E-state index in [0.717, 1.165) is 17.1 Å². The molecule has 8 aromatic carbocycles. The Hall–Kier alpha value is -5.40. The van der Waals surface area contributed by atoms with Crippen molar-refractivity contribution in [2.45, 2.75) is 0 Å². The van der Waals surface area contributed by atoms with Crippen LogP contribution in [0.5, 0.6) is 11.5 Å². The van der Waals surface area contributed by atoms with Crippen LogP contribution < -0.4 is 4.74 Å². The predicted octanol–water partition coefficient (Wildman–Crippen LogP) is 11.4. The van der Waals surface area contributed by atoms with E-state index < -0.39 is 0 Å². The molecule has 0 N–H and O–H groups in total. The molecule has 0 fully saturated rings. The van der Waals surface area contributed by atoms with Gasteiger partial charge in [-0.3, -0.25) is 0 Å². The molecule has 1 aliphatic heterocycles. The van der Waals surface area contributed by atoms with Gasteiger partial charge in [0.1, 0.15) is 11.5 Å². The van der Waals surface area contributed by atoms with Crippen molar-refractivity contribution in [3.8, 4) is 44.9 Å². The first-order valence-electron chi connectivity index (χ1n) is 14.1. The molecule has 9 rings (SSSR count). The van der Waals surface area contributed by atoms with Gasteiger partial charge in [0.15, 0.2) is 0 Å². The lowest BCUT2D eigenvalue weighted by atomic mass is 9.87. The van der Waals surface area contributed by atoms with Gasteiger partial charge in [-0.05, 0) is 95.9 Å². The molecule has 1 aliphatic rings. The van der Waals surface area contributed by atoms with Crippen LogP contribution in [0.3, 0.4) is 0 Å². The van der Waals surface area contributed by atoms with Gasteiger partial charge in [-0.25, -0.2) is 0 Å². The first-order chi connectivity index (χ1) is 20.3. The lowest BCUT2D eigenvalue weighted by Gasteiger charge is -2.23. The average molecular weight is 521 g/mol. The Morgan fingerprint density at radius 2 is 0.976 bits per heavy atom. The zero-order valence-electron chi connectivity index (χ0n) is 22.3. The Labute approximate surface area is 237 Å². The van der Waals surface area contributed by atoms with Crippen LogP contribution in [0.2, 0.25) is 0 Å². The number of benzene rings is 8. The standard InChI is InChI=1S/C40H24O/c1-2-9-26-22-29(17-16-25(26)8-1)31-20-21-36-34-19-18-30(24-38(34)41-37-15-7-14-35(31)40(36)37)39-32-12-5-3-10-27(32)23-28-11-4-6-13-33(28)39/h1-24H. The zero-order valence-corrected chi connectivity index (χ0v) is 22.3. The molecule has 1 heteroatoms. The lowest BCUT2D eigenvalue weighted by molar-refractivity contribution is 0.487. The molecular weight excluding hydrogens is 496 g/mol. The summed E-state index contributed by atoms with van der Waals surface area (Å²) < 4.78 is 6.70. The van der Waals surface area contributed by atoms with Crippen molar-refractivity contribution >= 4 is 43.1 Å². The molecule has 0 bridgehead atoms. The summed E-state index contributed by atoms with van der Waals surface area (Å²) in [4.78, 5) is 0. The maximum Gasteiger partial charge on any atom is 0.135 e. The zero-order chi connectivity index (χ0) is 26.9. The smallest absolute Gasteiger partial charge is 0.135 e. The van der Waals surface area contributed by atoms with E-state index >= 15 is 0 Å². The summed E-state index contributed by atoms with van der Waals surface area (Å²) >= 11 is 0. The van der Waals surface area contributed by atoms with Crippen LogP contribution in [0.4, 0.5) is 0 Å². The second kappa shape index (κ2) is 8.55. The van der Waals surface area contributed by atoms with E-state index in [2.05, 4.69) is 146 Å². The number of hydrogen-bond donors (Lipinski definition) is 0. The minimum absolute atomic E-state index is 0.901. The third kappa shape index (κ3) is 3.36. The molecule has 8 aromatic rings. The molecule has 0 aromatic heterocycles. The Morgan fingerprint density at radius 1 is 0.341 bits per heavy atom. The first kappa shape index (κ1) is 22.4. The molecule has 0 spiro atoms. The largest absolute Gasteiger partial charge is 0.456 e. The average Bonchev–Trinajstić information content (AvgIpc) is 3.03. The summed E-state index contributed by atoms with van der Waals surface area (Å²) in [6.45, 7) is 0. The van der Waals surface area contributed by atoms with Crippen molar-refractivity contribution in [3.05, 3.63) is 146 Å². The highest BCUT2D eigenvalue weighted by Gasteiger charge is 2.23. The molecule has 0 saturated carbocycles. The van der Waals surface area contributed by atoms with Gasteiger partial charge >= 0.3 is 0 Å².